The van der Waals surface area contributed by atoms with E-state index < -0.39 is 0 Å². The molecule has 2 heteroatoms. The summed E-state index contributed by atoms with van der Waals surface area (Å²) in [4.78, 5) is 2.67. The maximum atomic E-state index is 3.92. The molecule has 0 aromatic rings. The Morgan fingerprint density at radius 3 is 2.61 bits per heavy atom. The average Bonchev–Trinajstić information content (AvgIpc) is 2.40. The van der Waals surface area contributed by atoms with Crippen LogP contribution in [0.5, 0.6) is 0 Å². The summed E-state index contributed by atoms with van der Waals surface area (Å²) >= 11 is 0. The molecule has 0 bridgehead atoms. The van der Waals surface area contributed by atoms with E-state index in [1.807, 2.05) is 0 Å². The summed E-state index contributed by atoms with van der Waals surface area (Å²) in [6, 6.07) is 1.53. The molecule has 1 aliphatic heterocycles. The number of rotatable bonds is 5. The first-order valence-electron chi connectivity index (χ1n) is 8.28. The summed E-state index contributed by atoms with van der Waals surface area (Å²) in [5, 5.41) is 3.92. The Labute approximate surface area is 114 Å². The van der Waals surface area contributed by atoms with Crippen LogP contribution in [0.4, 0.5) is 0 Å². The molecule has 1 saturated carbocycles. The van der Waals surface area contributed by atoms with E-state index in [0.29, 0.717) is 6.04 Å². The highest BCUT2D eigenvalue weighted by molar-refractivity contribution is 4.83. The Kier molecular flexibility index (Phi) is 5.97. The van der Waals surface area contributed by atoms with Gasteiger partial charge in [0, 0.05) is 18.6 Å². The van der Waals surface area contributed by atoms with Crippen LogP contribution in [0.1, 0.15) is 65.2 Å². The summed E-state index contributed by atoms with van der Waals surface area (Å²) < 4.78 is 0. The second kappa shape index (κ2) is 7.49. The van der Waals surface area contributed by atoms with E-state index >= 15 is 0 Å². The van der Waals surface area contributed by atoms with Crippen molar-refractivity contribution in [2.75, 3.05) is 19.6 Å². The lowest BCUT2D eigenvalue weighted by molar-refractivity contribution is 0.143. The molecule has 2 rings (SSSR count). The molecule has 0 spiro atoms. The minimum atomic E-state index is 0.716. The van der Waals surface area contributed by atoms with E-state index in [-0.39, 0.29) is 0 Å². The van der Waals surface area contributed by atoms with E-state index in [4.69, 9.17) is 0 Å². The van der Waals surface area contributed by atoms with Crippen LogP contribution in [-0.2, 0) is 0 Å². The Balaban J connectivity index is 1.74. The van der Waals surface area contributed by atoms with Crippen LogP contribution < -0.4 is 5.32 Å². The topological polar surface area (TPSA) is 15.3 Å². The van der Waals surface area contributed by atoms with Crippen LogP contribution in [0.2, 0.25) is 0 Å². The molecule has 0 amide bonds. The summed E-state index contributed by atoms with van der Waals surface area (Å²) in [5.74, 6) is 0.882. The molecule has 1 N–H and O–H groups in total. The fourth-order valence-electron chi connectivity index (χ4n) is 3.80. The number of nitrogens with one attached hydrogen (secondary N) is 1. The molecule has 0 aromatic carbocycles. The van der Waals surface area contributed by atoms with Gasteiger partial charge in [0.1, 0.15) is 0 Å². The molecule has 2 fully saturated rings. The largest absolute Gasteiger partial charge is 0.311 e. The van der Waals surface area contributed by atoms with Crippen LogP contribution in [0.3, 0.4) is 0 Å². The summed E-state index contributed by atoms with van der Waals surface area (Å²) in [7, 11) is 0. The normalized spacial score (nSPS) is 29.3. The van der Waals surface area contributed by atoms with Gasteiger partial charge in [0.05, 0.1) is 0 Å². The predicted octanol–water partition coefficient (Wildman–Crippen LogP) is 3.42. The Morgan fingerprint density at radius 1 is 1.11 bits per heavy atom. The number of likely N-dealkylation sites (tertiary alicyclic amines) is 1. The SMILES string of the molecule is CCCN1CCCC(C(C)NC2CCCCC2)C1. The van der Waals surface area contributed by atoms with E-state index in [2.05, 4.69) is 24.1 Å². The zero-order valence-electron chi connectivity index (χ0n) is 12.5. The molecule has 18 heavy (non-hydrogen) atoms. The molecule has 2 aliphatic rings. The van der Waals surface area contributed by atoms with Crippen LogP contribution in [-0.4, -0.2) is 36.6 Å². The van der Waals surface area contributed by atoms with Gasteiger partial charge >= 0.3 is 0 Å². The van der Waals surface area contributed by atoms with Gasteiger partial charge in [-0.05, 0) is 58.0 Å². The van der Waals surface area contributed by atoms with Crippen LogP contribution in [0.15, 0.2) is 0 Å². The Hall–Kier alpha value is -0.0800. The Morgan fingerprint density at radius 2 is 1.89 bits per heavy atom. The van der Waals surface area contributed by atoms with Crippen LogP contribution in [0.25, 0.3) is 0 Å². The lowest BCUT2D eigenvalue weighted by Gasteiger charge is -2.38. The number of hydrogen-bond donors (Lipinski definition) is 1. The minimum absolute atomic E-state index is 0.716. The van der Waals surface area contributed by atoms with Crippen molar-refractivity contribution in [1.29, 1.82) is 0 Å². The summed E-state index contributed by atoms with van der Waals surface area (Å²) in [6.07, 6.45) is 11.3. The average molecular weight is 252 g/mol. The Bertz CT molecular complexity index is 221. The standard InChI is InChI=1S/C16H32N2/c1-3-11-18-12-7-8-15(13-18)14(2)17-16-9-5-4-6-10-16/h14-17H,3-13H2,1-2H3. The third-order valence-corrected chi connectivity index (χ3v) is 4.89. The molecule has 2 nitrogen and oxygen atoms in total. The molecule has 0 radical (unpaired) electrons. The van der Waals surface area contributed by atoms with Crippen LogP contribution >= 0.6 is 0 Å². The molecule has 1 heterocycles. The minimum Gasteiger partial charge on any atom is -0.311 e. The van der Waals surface area contributed by atoms with E-state index in [9.17, 15) is 0 Å². The van der Waals surface area contributed by atoms with Crippen molar-refractivity contribution in [2.24, 2.45) is 5.92 Å². The number of hydrogen-bond acceptors (Lipinski definition) is 2. The predicted molar refractivity (Wildman–Crippen MR) is 78.9 cm³/mol. The van der Waals surface area contributed by atoms with Gasteiger partial charge in [-0.3, -0.25) is 0 Å². The summed E-state index contributed by atoms with van der Waals surface area (Å²) in [6.45, 7) is 8.68. The van der Waals surface area contributed by atoms with Gasteiger partial charge in [0.2, 0.25) is 0 Å². The van der Waals surface area contributed by atoms with Crippen molar-refractivity contribution in [1.82, 2.24) is 10.2 Å². The van der Waals surface area contributed by atoms with Gasteiger partial charge < -0.3 is 10.2 Å². The zero-order valence-corrected chi connectivity index (χ0v) is 12.5. The van der Waals surface area contributed by atoms with Crippen molar-refractivity contribution in [3.05, 3.63) is 0 Å². The molecule has 2 unspecified atom stereocenters. The van der Waals surface area contributed by atoms with Gasteiger partial charge in [0.25, 0.3) is 0 Å². The third-order valence-electron chi connectivity index (χ3n) is 4.89. The van der Waals surface area contributed by atoms with Gasteiger partial charge in [-0.25, -0.2) is 0 Å². The van der Waals surface area contributed by atoms with Crippen molar-refractivity contribution in [2.45, 2.75) is 77.3 Å². The van der Waals surface area contributed by atoms with Crippen LogP contribution in [0, 0.1) is 5.92 Å². The molecule has 2 atom stereocenters. The smallest absolute Gasteiger partial charge is 0.00818 e. The maximum Gasteiger partial charge on any atom is 0.00818 e. The van der Waals surface area contributed by atoms with Crippen molar-refractivity contribution >= 4 is 0 Å². The third kappa shape index (κ3) is 4.24. The lowest BCUT2D eigenvalue weighted by atomic mass is 9.89. The first-order chi connectivity index (χ1) is 8.79. The zero-order chi connectivity index (χ0) is 12.8. The fourth-order valence-corrected chi connectivity index (χ4v) is 3.80. The molecule has 0 aromatic heterocycles. The number of piperidine rings is 1. The second-order valence-electron chi connectivity index (χ2n) is 6.49. The van der Waals surface area contributed by atoms with Crippen molar-refractivity contribution in [3.8, 4) is 0 Å². The van der Waals surface area contributed by atoms with E-state index in [1.165, 1.54) is 71.0 Å². The first kappa shape index (κ1) is 14.3. The van der Waals surface area contributed by atoms with Gasteiger partial charge in [-0.2, -0.15) is 0 Å². The number of nitrogens with zero attached hydrogens (tertiary/aromatic N) is 1. The molecule has 1 saturated heterocycles. The van der Waals surface area contributed by atoms with Gasteiger partial charge in [-0.15, -0.1) is 0 Å². The highest BCUT2D eigenvalue weighted by atomic mass is 15.1. The highest BCUT2D eigenvalue weighted by Crippen LogP contribution is 2.23. The van der Waals surface area contributed by atoms with Gasteiger partial charge in [0.15, 0.2) is 0 Å². The monoisotopic (exact) mass is 252 g/mol. The summed E-state index contributed by atoms with van der Waals surface area (Å²) in [5.41, 5.74) is 0. The second-order valence-corrected chi connectivity index (χ2v) is 6.49. The molecular formula is C16H32N2. The van der Waals surface area contributed by atoms with Crippen molar-refractivity contribution in [3.63, 3.8) is 0 Å². The molecular weight excluding hydrogens is 220 g/mol. The first-order valence-corrected chi connectivity index (χ1v) is 8.28. The molecule has 106 valence electrons. The van der Waals surface area contributed by atoms with Gasteiger partial charge in [-0.1, -0.05) is 26.2 Å². The van der Waals surface area contributed by atoms with Crippen molar-refractivity contribution < 1.29 is 0 Å². The van der Waals surface area contributed by atoms with E-state index in [0.717, 1.165) is 12.0 Å². The van der Waals surface area contributed by atoms with E-state index in [1.54, 1.807) is 0 Å². The maximum absolute atomic E-state index is 3.92. The highest BCUT2D eigenvalue weighted by Gasteiger charge is 2.26. The lowest BCUT2D eigenvalue weighted by Crippen LogP contribution is -2.48. The molecule has 1 aliphatic carbocycles. The fraction of sp³-hybridized carbons (Fsp3) is 1.00. The quantitative estimate of drug-likeness (QED) is 0.806.